The molecule has 0 fully saturated rings. The van der Waals surface area contributed by atoms with Crippen molar-refractivity contribution in [2.45, 2.75) is 13.8 Å². The Morgan fingerprint density at radius 2 is 2.04 bits per heavy atom. The van der Waals surface area contributed by atoms with Crippen molar-refractivity contribution < 1.29 is 4.42 Å². The van der Waals surface area contributed by atoms with Gasteiger partial charge in [0.1, 0.15) is 5.69 Å². The van der Waals surface area contributed by atoms with Crippen LogP contribution in [-0.4, -0.2) is 19.7 Å². The van der Waals surface area contributed by atoms with Crippen LogP contribution in [-0.2, 0) is 0 Å². The molecule has 130 valence electrons. The van der Waals surface area contributed by atoms with E-state index in [9.17, 15) is 4.79 Å². The first-order valence-electron chi connectivity index (χ1n) is 7.73. The maximum absolute atomic E-state index is 12.5. The van der Waals surface area contributed by atoms with Crippen LogP contribution in [0.3, 0.4) is 0 Å². The lowest BCUT2D eigenvalue weighted by atomic mass is 10.2. The summed E-state index contributed by atoms with van der Waals surface area (Å²) in [5.74, 6) is 0.618. The molecule has 0 saturated heterocycles. The van der Waals surface area contributed by atoms with Crippen LogP contribution in [0.25, 0.3) is 28.3 Å². The number of hydrogen-bond acceptors (Lipinski definition) is 5. The Kier molecular flexibility index (Phi) is 4.28. The molecule has 3 heterocycles. The van der Waals surface area contributed by atoms with E-state index >= 15 is 0 Å². The highest BCUT2D eigenvalue weighted by Gasteiger charge is 2.19. The molecular formula is C18H12ClIN4O2. The summed E-state index contributed by atoms with van der Waals surface area (Å²) in [4.78, 5) is 21.4. The molecule has 0 unspecified atom stereocenters. The zero-order valence-corrected chi connectivity index (χ0v) is 16.7. The van der Waals surface area contributed by atoms with Gasteiger partial charge < -0.3 is 4.42 Å². The van der Waals surface area contributed by atoms with Crippen LogP contribution in [0, 0.1) is 17.4 Å². The monoisotopic (exact) mass is 478 g/mol. The molecular weight excluding hydrogens is 467 g/mol. The van der Waals surface area contributed by atoms with Crippen molar-refractivity contribution in [3.05, 3.63) is 66.8 Å². The van der Waals surface area contributed by atoms with Gasteiger partial charge in [0.2, 0.25) is 5.89 Å². The Morgan fingerprint density at radius 3 is 2.81 bits per heavy atom. The molecule has 0 N–H and O–H groups in total. The van der Waals surface area contributed by atoms with Crippen molar-refractivity contribution in [1.82, 2.24) is 19.7 Å². The number of hydrogen-bond donors (Lipinski definition) is 0. The molecule has 3 aromatic heterocycles. The fourth-order valence-corrected chi connectivity index (χ4v) is 3.83. The van der Waals surface area contributed by atoms with E-state index in [1.807, 2.05) is 19.9 Å². The van der Waals surface area contributed by atoms with Crippen molar-refractivity contribution >= 4 is 45.1 Å². The van der Waals surface area contributed by atoms with Crippen molar-refractivity contribution in [2.24, 2.45) is 0 Å². The number of rotatable bonds is 2. The standard InChI is InChI=1S/C18H12ClIN4O2/c1-9-6-11-15(13(20)7-9)22-17(26-18(11)25)14-8-10(2)23-24(14)16-12(19)4-3-5-21-16/h3-8H,1-2H3. The fourth-order valence-electron chi connectivity index (χ4n) is 2.73. The van der Waals surface area contributed by atoms with Crippen LogP contribution in [0.1, 0.15) is 11.3 Å². The summed E-state index contributed by atoms with van der Waals surface area (Å²) in [7, 11) is 0. The molecule has 26 heavy (non-hydrogen) atoms. The van der Waals surface area contributed by atoms with E-state index in [0.29, 0.717) is 27.4 Å². The number of benzene rings is 1. The second-order valence-corrected chi connectivity index (χ2v) is 7.41. The lowest BCUT2D eigenvalue weighted by molar-refractivity contribution is 0.513. The Labute approximate surface area is 167 Å². The molecule has 4 rings (SSSR count). The normalized spacial score (nSPS) is 11.2. The number of halogens is 2. The highest BCUT2D eigenvalue weighted by molar-refractivity contribution is 14.1. The zero-order chi connectivity index (χ0) is 18.4. The van der Waals surface area contributed by atoms with E-state index in [2.05, 4.69) is 37.7 Å². The van der Waals surface area contributed by atoms with Crippen LogP contribution in [0.4, 0.5) is 0 Å². The molecule has 0 radical (unpaired) electrons. The molecule has 1 aromatic carbocycles. The lowest BCUT2D eigenvalue weighted by Gasteiger charge is -2.08. The van der Waals surface area contributed by atoms with Gasteiger partial charge in [-0.25, -0.2) is 19.4 Å². The van der Waals surface area contributed by atoms with Crippen LogP contribution in [0.5, 0.6) is 0 Å². The van der Waals surface area contributed by atoms with Gasteiger partial charge in [-0.2, -0.15) is 5.10 Å². The topological polar surface area (TPSA) is 73.8 Å². The first-order chi connectivity index (χ1) is 12.4. The maximum Gasteiger partial charge on any atom is 0.347 e. The summed E-state index contributed by atoms with van der Waals surface area (Å²) in [5.41, 5.74) is 2.37. The van der Waals surface area contributed by atoms with E-state index in [-0.39, 0.29) is 5.89 Å². The highest BCUT2D eigenvalue weighted by Crippen LogP contribution is 2.27. The van der Waals surface area contributed by atoms with E-state index in [1.54, 1.807) is 30.5 Å². The fraction of sp³-hybridized carbons (Fsp3) is 0.111. The molecule has 0 bridgehead atoms. The predicted molar refractivity (Wildman–Crippen MR) is 108 cm³/mol. The minimum Gasteiger partial charge on any atom is -0.401 e. The molecule has 6 nitrogen and oxygen atoms in total. The van der Waals surface area contributed by atoms with Crippen LogP contribution in [0.2, 0.25) is 5.02 Å². The minimum atomic E-state index is -0.441. The van der Waals surface area contributed by atoms with Gasteiger partial charge in [-0.1, -0.05) is 11.6 Å². The number of aryl methyl sites for hydroxylation is 2. The molecule has 0 atom stereocenters. The second kappa shape index (κ2) is 6.48. The summed E-state index contributed by atoms with van der Waals surface area (Å²) >= 11 is 8.43. The summed E-state index contributed by atoms with van der Waals surface area (Å²) in [6, 6.07) is 8.99. The van der Waals surface area contributed by atoms with Crippen LogP contribution < -0.4 is 5.63 Å². The summed E-state index contributed by atoms with van der Waals surface area (Å²) in [6.07, 6.45) is 1.62. The van der Waals surface area contributed by atoms with Gasteiger partial charge in [0, 0.05) is 9.77 Å². The van der Waals surface area contributed by atoms with Crippen molar-refractivity contribution in [3.63, 3.8) is 0 Å². The third-order valence-electron chi connectivity index (χ3n) is 3.82. The SMILES string of the molecule is Cc1cc(I)c2nc(-c3cc(C)nn3-c3ncccc3Cl)oc(=O)c2c1. The largest absolute Gasteiger partial charge is 0.401 e. The van der Waals surface area contributed by atoms with Crippen molar-refractivity contribution in [2.75, 3.05) is 0 Å². The molecule has 0 aliphatic rings. The second-order valence-electron chi connectivity index (χ2n) is 5.84. The highest BCUT2D eigenvalue weighted by atomic mass is 127. The van der Waals surface area contributed by atoms with Gasteiger partial charge in [0.15, 0.2) is 5.82 Å². The molecule has 0 saturated carbocycles. The number of nitrogens with zero attached hydrogens (tertiary/aromatic N) is 4. The third kappa shape index (κ3) is 2.90. The Bertz CT molecular complexity index is 1220. The number of pyridine rings is 1. The van der Waals surface area contributed by atoms with Gasteiger partial charge in [-0.3, -0.25) is 0 Å². The number of aromatic nitrogens is 4. The van der Waals surface area contributed by atoms with Crippen molar-refractivity contribution in [1.29, 1.82) is 0 Å². The number of fused-ring (bicyclic) bond motifs is 1. The average molecular weight is 479 g/mol. The lowest BCUT2D eigenvalue weighted by Crippen LogP contribution is -2.08. The third-order valence-corrected chi connectivity index (χ3v) is 4.94. The van der Waals surface area contributed by atoms with Crippen LogP contribution in [0.15, 0.2) is 45.7 Å². The van der Waals surface area contributed by atoms with Crippen molar-refractivity contribution in [3.8, 4) is 17.4 Å². The molecule has 4 aromatic rings. The Morgan fingerprint density at radius 1 is 1.23 bits per heavy atom. The smallest absolute Gasteiger partial charge is 0.347 e. The summed E-state index contributed by atoms with van der Waals surface area (Å²) in [6.45, 7) is 3.76. The Hall–Kier alpha value is -2.26. The molecule has 0 aliphatic carbocycles. The minimum absolute atomic E-state index is 0.173. The Balaban J connectivity index is 2.01. The van der Waals surface area contributed by atoms with Crippen LogP contribution >= 0.6 is 34.2 Å². The van der Waals surface area contributed by atoms with E-state index < -0.39 is 5.63 Å². The molecule has 8 heteroatoms. The molecule has 0 amide bonds. The molecule has 0 aliphatic heterocycles. The van der Waals surface area contributed by atoms with E-state index in [4.69, 9.17) is 16.0 Å². The maximum atomic E-state index is 12.5. The van der Waals surface area contributed by atoms with Gasteiger partial charge in [-0.15, -0.1) is 0 Å². The first-order valence-corrected chi connectivity index (χ1v) is 9.18. The first kappa shape index (κ1) is 17.2. The van der Waals surface area contributed by atoms with E-state index in [0.717, 1.165) is 14.8 Å². The summed E-state index contributed by atoms with van der Waals surface area (Å²) in [5, 5.41) is 5.32. The quantitative estimate of drug-likeness (QED) is 0.401. The summed E-state index contributed by atoms with van der Waals surface area (Å²) < 4.78 is 7.92. The predicted octanol–water partition coefficient (Wildman–Crippen LogP) is 4.31. The van der Waals surface area contributed by atoms with Gasteiger partial charge in [0.25, 0.3) is 0 Å². The van der Waals surface area contributed by atoms with Gasteiger partial charge in [0.05, 0.1) is 21.6 Å². The molecule has 0 spiro atoms. The average Bonchev–Trinajstić information content (AvgIpc) is 2.97. The zero-order valence-electron chi connectivity index (χ0n) is 13.8. The van der Waals surface area contributed by atoms with Gasteiger partial charge in [-0.05, 0) is 72.3 Å². The van der Waals surface area contributed by atoms with E-state index in [1.165, 1.54) is 4.68 Å². The van der Waals surface area contributed by atoms with Gasteiger partial charge >= 0.3 is 5.63 Å².